The molecule has 0 aliphatic carbocycles. The highest BCUT2D eigenvalue weighted by molar-refractivity contribution is 5.67. The summed E-state index contributed by atoms with van der Waals surface area (Å²) in [5, 5.41) is 0. The van der Waals surface area contributed by atoms with E-state index in [2.05, 4.69) is 131 Å². The highest BCUT2D eigenvalue weighted by atomic mass is 15.1. The fourth-order valence-corrected chi connectivity index (χ4v) is 5.51. The number of hydrogen-bond donors (Lipinski definition) is 0. The first-order valence-electron chi connectivity index (χ1n) is 14.0. The molecule has 0 aliphatic rings. The van der Waals surface area contributed by atoms with E-state index >= 15 is 0 Å². The fraction of sp³-hybridized carbons (Fsp3) is 0.455. The first-order valence-corrected chi connectivity index (χ1v) is 14.0. The molecule has 0 aliphatic heterocycles. The minimum absolute atomic E-state index is 0.154. The Morgan fingerprint density at radius 2 is 0.889 bits per heavy atom. The predicted molar refractivity (Wildman–Crippen MR) is 160 cm³/mol. The number of hydrogen-bond acceptors (Lipinski definition) is 3. The van der Waals surface area contributed by atoms with E-state index in [0.717, 1.165) is 39.3 Å². The van der Waals surface area contributed by atoms with Crippen molar-refractivity contribution in [2.45, 2.75) is 61.3 Å². The Kier molecular flexibility index (Phi) is 9.87. The summed E-state index contributed by atoms with van der Waals surface area (Å²) in [5.41, 5.74) is 10.7. The van der Waals surface area contributed by atoms with Gasteiger partial charge in [-0.3, -0.25) is 0 Å². The SMILES string of the molecule is CCN(CC)c1ccc(C(c2cc(C)ccc2N(CC)CC)c2cc(C)ccc2N(CC)CC)cc1. The second kappa shape index (κ2) is 12.9. The Balaban J connectivity index is 2.33. The highest BCUT2D eigenvalue weighted by Gasteiger charge is 2.26. The minimum atomic E-state index is 0.154. The Bertz CT molecular complexity index is 1030. The average molecular weight is 486 g/mol. The maximum atomic E-state index is 2.50. The van der Waals surface area contributed by atoms with E-state index in [4.69, 9.17) is 0 Å². The zero-order valence-corrected chi connectivity index (χ0v) is 23.9. The lowest BCUT2D eigenvalue weighted by molar-refractivity contribution is 0.829. The van der Waals surface area contributed by atoms with Crippen molar-refractivity contribution in [2.75, 3.05) is 54.0 Å². The third kappa shape index (κ3) is 5.88. The van der Waals surface area contributed by atoms with E-state index in [-0.39, 0.29) is 5.92 Å². The third-order valence-corrected chi connectivity index (χ3v) is 7.55. The lowest BCUT2D eigenvalue weighted by Crippen LogP contribution is -2.26. The van der Waals surface area contributed by atoms with Crippen molar-refractivity contribution in [3.05, 3.63) is 88.5 Å². The Morgan fingerprint density at radius 3 is 1.25 bits per heavy atom. The van der Waals surface area contributed by atoms with Crippen LogP contribution in [0, 0.1) is 13.8 Å². The summed E-state index contributed by atoms with van der Waals surface area (Å²) in [4.78, 5) is 7.42. The van der Waals surface area contributed by atoms with Crippen molar-refractivity contribution in [1.29, 1.82) is 0 Å². The van der Waals surface area contributed by atoms with Crippen molar-refractivity contribution in [3.8, 4) is 0 Å². The summed E-state index contributed by atoms with van der Waals surface area (Å²) < 4.78 is 0. The summed E-state index contributed by atoms with van der Waals surface area (Å²) in [5.74, 6) is 0.154. The maximum Gasteiger partial charge on any atom is 0.0408 e. The topological polar surface area (TPSA) is 9.72 Å². The van der Waals surface area contributed by atoms with Crippen LogP contribution in [0.15, 0.2) is 60.7 Å². The van der Waals surface area contributed by atoms with Gasteiger partial charge in [0.25, 0.3) is 0 Å². The molecule has 0 atom stereocenters. The molecule has 194 valence electrons. The summed E-state index contributed by atoms with van der Waals surface area (Å²) in [6.45, 7) is 24.0. The van der Waals surface area contributed by atoms with Crippen molar-refractivity contribution in [3.63, 3.8) is 0 Å². The monoisotopic (exact) mass is 485 g/mol. The second-order valence-corrected chi connectivity index (χ2v) is 9.67. The van der Waals surface area contributed by atoms with Crippen LogP contribution in [-0.2, 0) is 0 Å². The van der Waals surface area contributed by atoms with Gasteiger partial charge in [-0.1, -0.05) is 47.5 Å². The standard InChI is InChI=1S/C33H47N3/c1-9-34(10-2)28-19-17-27(18-20-28)33(29-23-25(7)15-21-31(29)35(11-3)12-4)30-24-26(8)16-22-32(30)36(13-5)14-6/h15-24,33H,9-14H2,1-8H3. The molecule has 36 heavy (non-hydrogen) atoms. The van der Waals surface area contributed by atoms with E-state index < -0.39 is 0 Å². The Morgan fingerprint density at radius 1 is 0.500 bits per heavy atom. The van der Waals surface area contributed by atoms with Crippen LogP contribution in [0.1, 0.15) is 75.3 Å². The molecule has 0 bridgehead atoms. The van der Waals surface area contributed by atoms with Crippen molar-refractivity contribution in [1.82, 2.24) is 0 Å². The molecule has 0 aromatic heterocycles. The number of benzene rings is 3. The van der Waals surface area contributed by atoms with Crippen LogP contribution in [0.2, 0.25) is 0 Å². The molecular formula is C33H47N3. The third-order valence-electron chi connectivity index (χ3n) is 7.55. The van der Waals surface area contributed by atoms with Gasteiger partial charge >= 0.3 is 0 Å². The molecule has 0 fully saturated rings. The zero-order chi connectivity index (χ0) is 26.2. The van der Waals surface area contributed by atoms with Crippen molar-refractivity contribution >= 4 is 17.1 Å². The molecule has 0 radical (unpaired) electrons. The van der Waals surface area contributed by atoms with E-state index in [1.165, 1.54) is 44.9 Å². The highest BCUT2D eigenvalue weighted by Crippen LogP contribution is 2.42. The Hall–Kier alpha value is -2.94. The zero-order valence-electron chi connectivity index (χ0n) is 23.9. The van der Waals surface area contributed by atoms with Gasteiger partial charge < -0.3 is 14.7 Å². The molecule has 3 aromatic rings. The van der Waals surface area contributed by atoms with Gasteiger partial charge in [-0.25, -0.2) is 0 Å². The molecule has 3 aromatic carbocycles. The lowest BCUT2D eigenvalue weighted by Gasteiger charge is -2.33. The van der Waals surface area contributed by atoms with Crippen LogP contribution in [-0.4, -0.2) is 39.3 Å². The summed E-state index contributed by atoms with van der Waals surface area (Å²) >= 11 is 0. The molecular weight excluding hydrogens is 438 g/mol. The predicted octanol–water partition coefficient (Wildman–Crippen LogP) is 8.02. The first-order chi connectivity index (χ1) is 17.4. The van der Waals surface area contributed by atoms with E-state index in [0.29, 0.717) is 0 Å². The first kappa shape index (κ1) is 27.6. The van der Waals surface area contributed by atoms with Gasteiger partial charge in [-0.2, -0.15) is 0 Å². The average Bonchev–Trinajstić information content (AvgIpc) is 2.89. The number of rotatable bonds is 12. The van der Waals surface area contributed by atoms with E-state index in [1.54, 1.807) is 0 Å². The molecule has 0 saturated carbocycles. The van der Waals surface area contributed by atoms with Crippen LogP contribution in [0.5, 0.6) is 0 Å². The number of anilines is 3. The number of aryl methyl sites for hydroxylation is 2. The summed E-state index contributed by atoms with van der Waals surface area (Å²) in [6, 6.07) is 23.4. The van der Waals surface area contributed by atoms with Crippen LogP contribution < -0.4 is 14.7 Å². The van der Waals surface area contributed by atoms with Crippen molar-refractivity contribution in [2.24, 2.45) is 0 Å². The van der Waals surface area contributed by atoms with Gasteiger partial charge in [0.05, 0.1) is 0 Å². The lowest BCUT2D eigenvalue weighted by atomic mass is 9.81. The molecule has 3 heteroatoms. The fourth-order valence-electron chi connectivity index (χ4n) is 5.51. The van der Waals surface area contributed by atoms with Crippen molar-refractivity contribution < 1.29 is 0 Å². The molecule has 0 saturated heterocycles. The van der Waals surface area contributed by atoms with Crippen LogP contribution in [0.3, 0.4) is 0 Å². The van der Waals surface area contributed by atoms with E-state index in [9.17, 15) is 0 Å². The maximum absolute atomic E-state index is 2.50. The summed E-state index contributed by atoms with van der Waals surface area (Å²) in [7, 11) is 0. The van der Waals surface area contributed by atoms with Gasteiger partial charge in [-0.15, -0.1) is 0 Å². The second-order valence-electron chi connectivity index (χ2n) is 9.67. The van der Waals surface area contributed by atoms with E-state index in [1.807, 2.05) is 0 Å². The van der Waals surface area contributed by atoms with Crippen LogP contribution >= 0.6 is 0 Å². The molecule has 3 nitrogen and oxygen atoms in total. The normalized spacial score (nSPS) is 11.1. The van der Waals surface area contributed by atoms with Gasteiger partial charge in [-0.05, 0) is 96.3 Å². The minimum Gasteiger partial charge on any atom is -0.372 e. The quantitative estimate of drug-likeness (QED) is 0.240. The van der Waals surface area contributed by atoms with Gasteiger partial charge in [0.15, 0.2) is 0 Å². The molecule has 0 spiro atoms. The van der Waals surface area contributed by atoms with Crippen LogP contribution in [0.25, 0.3) is 0 Å². The van der Waals surface area contributed by atoms with Crippen LogP contribution in [0.4, 0.5) is 17.1 Å². The summed E-state index contributed by atoms with van der Waals surface area (Å²) in [6.07, 6.45) is 0. The molecule has 0 unspecified atom stereocenters. The van der Waals surface area contributed by atoms with Gasteiger partial charge in [0, 0.05) is 62.2 Å². The number of nitrogens with zero attached hydrogens (tertiary/aromatic N) is 3. The Labute approximate surface area is 220 Å². The molecule has 0 heterocycles. The van der Waals surface area contributed by atoms with Gasteiger partial charge in [0.2, 0.25) is 0 Å². The largest absolute Gasteiger partial charge is 0.372 e. The molecule has 3 rings (SSSR count). The molecule has 0 amide bonds. The smallest absolute Gasteiger partial charge is 0.0408 e. The molecule has 0 N–H and O–H groups in total. The van der Waals surface area contributed by atoms with Gasteiger partial charge in [0.1, 0.15) is 0 Å².